The Morgan fingerprint density at radius 2 is 1.00 bits per heavy atom. The number of hydrogen-bond acceptors (Lipinski definition) is 2. The fraction of sp³-hybridized carbons (Fsp3) is 0.0164. The summed E-state index contributed by atoms with van der Waals surface area (Å²) in [4.78, 5) is 0. The number of fused-ring (bicyclic) bond motifs is 3. The first-order valence-corrected chi connectivity index (χ1v) is 21.5. The molecule has 0 aliphatic heterocycles. The highest BCUT2D eigenvalue weighted by Gasteiger charge is 2.45. The van der Waals surface area contributed by atoms with Crippen molar-refractivity contribution < 1.29 is 0 Å². The van der Waals surface area contributed by atoms with Crippen molar-refractivity contribution in [3.63, 3.8) is 0 Å². The number of benzene rings is 9. The van der Waals surface area contributed by atoms with Crippen molar-refractivity contribution in [2.45, 2.75) is 5.41 Å². The summed E-state index contributed by atoms with van der Waals surface area (Å²) in [7, 11) is 0. The van der Waals surface area contributed by atoms with Gasteiger partial charge in [0, 0.05) is 28.8 Å². The van der Waals surface area contributed by atoms with Crippen LogP contribution in [0.4, 0.5) is 17.1 Å². The van der Waals surface area contributed by atoms with E-state index in [1.165, 1.54) is 38.9 Å². The van der Waals surface area contributed by atoms with Gasteiger partial charge in [0.2, 0.25) is 0 Å². The van der Waals surface area contributed by atoms with Gasteiger partial charge in [-0.15, -0.1) is 0 Å². The van der Waals surface area contributed by atoms with E-state index >= 15 is 0 Å². The highest BCUT2D eigenvalue weighted by molar-refractivity contribution is 5.92. The quantitative estimate of drug-likeness (QED) is 0.120. The van der Waals surface area contributed by atoms with Crippen LogP contribution in [-0.4, -0.2) is 0 Å². The minimum Gasteiger partial charge on any atom is -0.362 e. The van der Waals surface area contributed by atoms with Crippen molar-refractivity contribution in [2.75, 3.05) is 10.6 Å². The van der Waals surface area contributed by atoms with E-state index in [0.717, 1.165) is 56.0 Å². The van der Waals surface area contributed by atoms with Crippen LogP contribution in [0.3, 0.4) is 0 Å². The lowest BCUT2D eigenvalue weighted by molar-refractivity contribution is 0.768. The number of allylic oxidation sites excluding steroid dienone is 4. The second kappa shape index (κ2) is 17.4. The molecule has 0 bridgehead atoms. The first kappa shape index (κ1) is 39.0. The van der Waals surface area contributed by atoms with Crippen molar-refractivity contribution >= 4 is 28.2 Å². The van der Waals surface area contributed by atoms with E-state index in [2.05, 4.69) is 254 Å². The van der Waals surface area contributed by atoms with Crippen molar-refractivity contribution in [3.05, 3.63) is 295 Å². The molecule has 10 rings (SSSR count). The molecule has 0 unspecified atom stereocenters. The topological polar surface area (TPSA) is 24.1 Å². The third-order valence-corrected chi connectivity index (χ3v) is 12.1. The van der Waals surface area contributed by atoms with Gasteiger partial charge in [0.05, 0.1) is 5.41 Å². The Hall–Kier alpha value is -8.20. The smallest absolute Gasteiger partial charge is 0.0713 e. The first-order chi connectivity index (χ1) is 31.1. The summed E-state index contributed by atoms with van der Waals surface area (Å²) in [6.07, 6.45) is 6.34. The van der Waals surface area contributed by atoms with Gasteiger partial charge in [-0.25, -0.2) is 0 Å². The number of nitrogens with one attached hydrogen (secondary N) is 2. The Kier molecular flexibility index (Phi) is 10.8. The molecule has 0 spiro atoms. The van der Waals surface area contributed by atoms with E-state index in [0.29, 0.717) is 0 Å². The molecule has 0 atom stereocenters. The van der Waals surface area contributed by atoms with Crippen molar-refractivity contribution in [1.82, 2.24) is 0 Å². The molecule has 0 fully saturated rings. The van der Waals surface area contributed by atoms with Crippen LogP contribution in [0.5, 0.6) is 0 Å². The zero-order chi connectivity index (χ0) is 42.4. The van der Waals surface area contributed by atoms with Crippen LogP contribution < -0.4 is 10.6 Å². The predicted molar refractivity (Wildman–Crippen MR) is 267 cm³/mol. The van der Waals surface area contributed by atoms with Crippen LogP contribution in [-0.2, 0) is 5.41 Å². The van der Waals surface area contributed by atoms with E-state index in [4.69, 9.17) is 0 Å². The highest BCUT2D eigenvalue weighted by Crippen LogP contribution is 2.56. The van der Waals surface area contributed by atoms with Gasteiger partial charge < -0.3 is 10.6 Å². The van der Waals surface area contributed by atoms with Gasteiger partial charge in [-0.3, -0.25) is 0 Å². The molecule has 1 aliphatic carbocycles. The lowest BCUT2D eigenvalue weighted by atomic mass is 9.68. The summed E-state index contributed by atoms with van der Waals surface area (Å²) in [5.41, 5.74) is 18.9. The number of hydrogen-bond donors (Lipinski definition) is 2. The first-order valence-electron chi connectivity index (χ1n) is 21.5. The molecule has 0 aromatic heterocycles. The Bertz CT molecular complexity index is 3050. The van der Waals surface area contributed by atoms with E-state index in [1.54, 1.807) is 0 Å². The van der Waals surface area contributed by atoms with Crippen molar-refractivity contribution in [1.29, 1.82) is 0 Å². The summed E-state index contributed by atoms with van der Waals surface area (Å²) < 4.78 is 0. The normalized spacial score (nSPS) is 12.7. The van der Waals surface area contributed by atoms with Gasteiger partial charge in [0.15, 0.2) is 0 Å². The molecule has 0 amide bonds. The molecule has 63 heavy (non-hydrogen) atoms. The zero-order valence-corrected chi connectivity index (χ0v) is 35.0. The van der Waals surface area contributed by atoms with E-state index in [1.807, 2.05) is 18.3 Å². The molecule has 0 radical (unpaired) electrons. The Balaban J connectivity index is 1.04. The molecule has 0 saturated carbocycles. The van der Waals surface area contributed by atoms with E-state index < -0.39 is 5.41 Å². The summed E-state index contributed by atoms with van der Waals surface area (Å²) in [6.45, 7) is 4.51. The lowest BCUT2D eigenvalue weighted by Gasteiger charge is -2.33. The van der Waals surface area contributed by atoms with Crippen LogP contribution in [0.1, 0.15) is 33.4 Å². The van der Waals surface area contributed by atoms with Gasteiger partial charge in [-0.05, 0) is 121 Å². The summed E-state index contributed by atoms with van der Waals surface area (Å²) in [5.74, 6) is 0. The fourth-order valence-corrected chi connectivity index (χ4v) is 9.17. The summed E-state index contributed by atoms with van der Waals surface area (Å²) in [6, 6.07) is 84.4. The lowest BCUT2D eigenvalue weighted by Crippen LogP contribution is -2.28. The molecule has 2 N–H and O–H groups in total. The second-order valence-electron chi connectivity index (χ2n) is 16.0. The van der Waals surface area contributed by atoms with Gasteiger partial charge in [-0.1, -0.05) is 207 Å². The van der Waals surface area contributed by atoms with E-state index in [-0.39, 0.29) is 0 Å². The SMILES string of the molecule is C=C(/C=C(\C=C/Nc1cccc(-c2ccccc2)c1)c1ccc(Nc2ccc3c(c2)-c2ccccc2C3(c2ccccc2)c2ccccc2)c(-c2ccccc2)c1)c1ccccc1. The standard InChI is InChI=1S/C61H46N2/c1-44(45-20-7-2-8-21-45)40-50(38-39-62-53-31-19-26-48(41-53)46-22-9-3-10-23-46)49-34-37-60(56(42-49)47-24-11-4-12-25-47)63-54-35-36-59-57(43-54)55-32-17-18-33-58(55)61(59,51-27-13-5-14-28-51)52-29-15-6-16-30-52/h2-43,62-63H,1H2/b39-38-,50-40+. The minimum absolute atomic E-state index is 0.441. The predicted octanol–water partition coefficient (Wildman–Crippen LogP) is 15.8. The molecular formula is C61H46N2. The van der Waals surface area contributed by atoms with Crippen molar-refractivity contribution in [2.24, 2.45) is 0 Å². The summed E-state index contributed by atoms with van der Waals surface area (Å²) >= 11 is 0. The minimum atomic E-state index is -0.441. The fourth-order valence-electron chi connectivity index (χ4n) is 9.17. The average Bonchev–Trinajstić information content (AvgIpc) is 3.65. The Morgan fingerprint density at radius 1 is 0.413 bits per heavy atom. The monoisotopic (exact) mass is 806 g/mol. The van der Waals surface area contributed by atoms with Crippen LogP contribution in [0.2, 0.25) is 0 Å². The highest BCUT2D eigenvalue weighted by atomic mass is 14.9. The van der Waals surface area contributed by atoms with Gasteiger partial charge in [-0.2, -0.15) is 0 Å². The maximum absolute atomic E-state index is 4.51. The maximum Gasteiger partial charge on any atom is 0.0713 e. The molecule has 9 aromatic carbocycles. The summed E-state index contributed by atoms with van der Waals surface area (Å²) in [5, 5.41) is 7.44. The van der Waals surface area contributed by atoms with Crippen LogP contribution in [0, 0.1) is 0 Å². The van der Waals surface area contributed by atoms with Gasteiger partial charge in [0.1, 0.15) is 0 Å². The molecule has 0 heterocycles. The number of rotatable bonds is 12. The van der Waals surface area contributed by atoms with Gasteiger partial charge in [0.25, 0.3) is 0 Å². The Labute approximate surface area is 370 Å². The van der Waals surface area contributed by atoms with Crippen LogP contribution in [0.25, 0.3) is 44.5 Å². The third kappa shape index (κ3) is 7.71. The molecule has 2 nitrogen and oxygen atoms in total. The largest absolute Gasteiger partial charge is 0.362 e. The van der Waals surface area contributed by atoms with Crippen LogP contribution in [0.15, 0.2) is 262 Å². The van der Waals surface area contributed by atoms with E-state index in [9.17, 15) is 0 Å². The molecule has 2 heteroatoms. The number of anilines is 3. The molecular weight excluding hydrogens is 761 g/mol. The van der Waals surface area contributed by atoms with Crippen molar-refractivity contribution in [3.8, 4) is 33.4 Å². The van der Waals surface area contributed by atoms with Gasteiger partial charge >= 0.3 is 0 Å². The van der Waals surface area contributed by atoms with Crippen LogP contribution >= 0.6 is 0 Å². The molecule has 1 aliphatic rings. The average molecular weight is 807 g/mol. The molecule has 0 saturated heterocycles. The molecule has 300 valence electrons. The molecule has 9 aromatic rings. The second-order valence-corrected chi connectivity index (χ2v) is 16.0. The maximum atomic E-state index is 4.51. The Morgan fingerprint density at radius 3 is 1.70 bits per heavy atom. The third-order valence-electron chi connectivity index (χ3n) is 12.1. The zero-order valence-electron chi connectivity index (χ0n) is 35.0.